The smallest absolute Gasteiger partial charge is 0.310 e. The number of likely N-dealkylation sites (tertiary alicyclic amines) is 1. The maximum atomic E-state index is 14.9. The molecule has 11 heteroatoms. The van der Waals surface area contributed by atoms with Gasteiger partial charge in [0.25, 0.3) is 0 Å². The molecule has 0 radical (unpaired) electrons. The van der Waals surface area contributed by atoms with Gasteiger partial charge in [-0.1, -0.05) is 23.7 Å². The first-order chi connectivity index (χ1) is 18.1. The average Bonchev–Trinajstić information content (AvgIpc) is 3.26. The number of piperidine rings is 1. The van der Waals surface area contributed by atoms with Crippen LogP contribution < -0.4 is 5.32 Å². The van der Waals surface area contributed by atoms with Crippen LogP contribution in [0.3, 0.4) is 0 Å². The number of aryl methyl sites for hydroxylation is 1. The third kappa shape index (κ3) is 5.00. The molecule has 0 aliphatic carbocycles. The summed E-state index contributed by atoms with van der Waals surface area (Å²) in [6, 6.07) is 9.42. The van der Waals surface area contributed by atoms with E-state index in [1.165, 1.54) is 18.2 Å². The Hall–Kier alpha value is -3.08. The van der Waals surface area contributed by atoms with Crippen molar-refractivity contribution in [2.45, 2.75) is 44.6 Å². The number of H-pyrrole nitrogens is 1. The highest BCUT2D eigenvalue weighted by Gasteiger charge is 2.49. The molecule has 4 heterocycles. The summed E-state index contributed by atoms with van der Waals surface area (Å²) in [4.78, 5) is 19.2. The van der Waals surface area contributed by atoms with Crippen LogP contribution in [0.15, 0.2) is 36.4 Å². The molecule has 0 bridgehead atoms. The molecule has 0 unspecified atom stereocenters. The third-order valence-electron chi connectivity index (χ3n) is 7.81. The fourth-order valence-electron chi connectivity index (χ4n) is 5.63. The van der Waals surface area contributed by atoms with Crippen LogP contribution in [-0.4, -0.2) is 63.5 Å². The van der Waals surface area contributed by atoms with Gasteiger partial charge in [0.05, 0.1) is 34.8 Å². The van der Waals surface area contributed by atoms with E-state index in [0.29, 0.717) is 56.3 Å². The minimum Gasteiger partial charge on any atom is -0.481 e. The fraction of sp³-hybridized carbons (Fsp3) is 0.444. The molecule has 2 fully saturated rings. The van der Waals surface area contributed by atoms with Crippen molar-refractivity contribution < 1.29 is 23.4 Å². The topological polar surface area (TPSA) is 103 Å². The van der Waals surface area contributed by atoms with Gasteiger partial charge in [-0.25, -0.2) is 13.8 Å². The first-order valence-corrected chi connectivity index (χ1v) is 12.9. The highest BCUT2D eigenvalue weighted by molar-refractivity contribution is 6.30. The standard InChI is InChI=1S/C27H30ClF2N5O3/c1-16-10-23(34-33-16)32-22-7-6-20(29)21(31-22)12-26(25(36)37)8-9-35(17(2)11-26)13-27(14-38-15-27)18-4-3-5-19(28)24(18)30/h3-7,10,17H,8-9,11-15H2,1-2H3,(H,36,37)(H2,31,32,33,34)/t17-,26+/m1/s1. The number of aromatic amines is 1. The van der Waals surface area contributed by atoms with Crippen LogP contribution in [0, 0.1) is 24.0 Å². The maximum Gasteiger partial charge on any atom is 0.310 e. The molecule has 2 aliphatic heterocycles. The zero-order chi connectivity index (χ0) is 27.1. The van der Waals surface area contributed by atoms with E-state index in [2.05, 4.69) is 25.4 Å². The van der Waals surface area contributed by atoms with Crippen LogP contribution in [0.4, 0.5) is 20.4 Å². The number of hydrogen-bond donors (Lipinski definition) is 3. The van der Waals surface area contributed by atoms with Gasteiger partial charge in [-0.3, -0.25) is 14.8 Å². The zero-order valence-electron chi connectivity index (χ0n) is 21.2. The number of aliphatic carboxylic acids is 1. The van der Waals surface area contributed by atoms with Crippen LogP contribution in [-0.2, 0) is 21.4 Å². The van der Waals surface area contributed by atoms with Crippen molar-refractivity contribution in [1.82, 2.24) is 20.1 Å². The van der Waals surface area contributed by atoms with E-state index in [-0.39, 0.29) is 23.2 Å². The lowest BCUT2D eigenvalue weighted by Gasteiger charge is -2.50. The highest BCUT2D eigenvalue weighted by Crippen LogP contribution is 2.42. The van der Waals surface area contributed by atoms with Crippen molar-refractivity contribution in [1.29, 1.82) is 0 Å². The highest BCUT2D eigenvalue weighted by atomic mass is 35.5. The van der Waals surface area contributed by atoms with Crippen molar-refractivity contribution in [3.05, 3.63) is 70.0 Å². The third-order valence-corrected chi connectivity index (χ3v) is 8.10. The number of hydrogen-bond acceptors (Lipinski definition) is 6. The summed E-state index contributed by atoms with van der Waals surface area (Å²) in [5, 5.41) is 20.3. The molecule has 0 amide bonds. The number of ether oxygens (including phenoxy) is 1. The Morgan fingerprint density at radius 2 is 2.08 bits per heavy atom. The Morgan fingerprint density at radius 3 is 2.71 bits per heavy atom. The summed E-state index contributed by atoms with van der Waals surface area (Å²) >= 11 is 6.05. The number of anilines is 2. The summed E-state index contributed by atoms with van der Waals surface area (Å²) in [6.07, 6.45) is 0.562. The lowest BCUT2D eigenvalue weighted by molar-refractivity contribution is -0.154. The van der Waals surface area contributed by atoms with Gasteiger partial charge in [0, 0.05) is 36.3 Å². The maximum absolute atomic E-state index is 14.9. The second kappa shape index (κ2) is 10.2. The molecule has 2 atom stereocenters. The quantitative estimate of drug-likeness (QED) is 0.371. The molecule has 3 N–H and O–H groups in total. The number of pyridine rings is 1. The van der Waals surface area contributed by atoms with Crippen LogP contribution in [0.2, 0.25) is 5.02 Å². The van der Waals surface area contributed by atoms with Crippen LogP contribution in [0.5, 0.6) is 0 Å². The largest absolute Gasteiger partial charge is 0.481 e. The summed E-state index contributed by atoms with van der Waals surface area (Å²) in [5.74, 6) is -1.05. The zero-order valence-corrected chi connectivity index (χ0v) is 22.0. The van der Waals surface area contributed by atoms with Gasteiger partial charge in [-0.15, -0.1) is 0 Å². The van der Waals surface area contributed by atoms with Crippen molar-refractivity contribution in [3.8, 4) is 0 Å². The van der Waals surface area contributed by atoms with Gasteiger partial charge in [0.2, 0.25) is 0 Å². The number of benzene rings is 1. The van der Waals surface area contributed by atoms with Crippen LogP contribution in [0.25, 0.3) is 0 Å². The first-order valence-electron chi connectivity index (χ1n) is 12.5. The lowest BCUT2D eigenvalue weighted by atomic mass is 9.71. The normalized spacial score (nSPS) is 23.1. The number of rotatable bonds is 8. The van der Waals surface area contributed by atoms with Crippen molar-refractivity contribution in [2.75, 3.05) is 31.6 Å². The molecular formula is C27H30ClF2N5O3. The molecular weight excluding hydrogens is 516 g/mol. The number of nitrogens with zero attached hydrogens (tertiary/aromatic N) is 3. The molecule has 202 valence electrons. The summed E-state index contributed by atoms with van der Waals surface area (Å²) in [7, 11) is 0. The van der Waals surface area contributed by atoms with Crippen molar-refractivity contribution in [2.24, 2.45) is 5.41 Å². The number of carboxylic acid groups (broad SMARTS) is 1. The van der Waals surface area contributed by atoms with Gasteiger partial charge in [0.15, 0.2) is 5.82 Å². The van der Waals surface area contributed by atoms with E-state index >= 15 is 0 Å². The van der Waals surface area contributed by atoms with E-state index in [4.69, 9.17) is 16.3 Å². The van der Waals surface area contributed by atoms with Gasteiger partial charge in [-0.2, -0.15) is 5.10 Å². The number of nitrogens with one attached hydrogen (secondary N) is 2. The minimum absolute atomic E-state index is 0.0430. The molecule has 5 rings (SSSR count). The van der Waals surface area contributed by atoms with Gasteiger partial charge >= 0.3 is 5.97 Å². The number of carbonyl (C=O) groups is 1. The summed E-state index contributed by atoms with van der Waals surface area (Å²) in [5.41, 5.74) is -0.272. The fourth-order valence-corrected chi connectivity index (χ4v) is 5.81. The van der Waals surface area contributed by atoms with E-state index in [1.54, 1.807) is 18.2 Å². The average molecular weight is 546 g/mol. The van der Waals surface area contributed by atoms with E-state index in [0.717, 1.165) is 5.69 Å². The Balaban J connectivity index is 1.33. The van der Waals surface area contributed by atoms with E-state index in [1.807, 2.05) is 13.8 Å². The van der Waals surface area contributed by atoms with Gasteiger partial charge < -0.3 is 15.2 Å². The Bertz CT molecular complexity index is 1350. The van der Waals surface area contributed by atoms with Gasteiger partial charge in [0.1, 0.15) is 17.5 Å². The SMILES string of the molecule is Cc1cc(Nc2ccc(F)c(C[C@]3(C(=O)O)CCN(CC4(c5cccc(Cl)c5F)COC4)[C@H](C)C3)n2)n[nH]1. The monoisotopic (exact) mass is 545 g/mol. The second-order valence-corrected chi connectivity index (χ2v) is 11.0. The van der Waals surface area contributed by atoms with Crippen molar-refractivity contribution >= 4 is 29.2 Å². The lowest BCUT2D eigenvalue weighted by Crippen LogP contribution is -2.59. The first kappa shape index (κ1) is 26.5. The van der Waals surface area contributed by atoms with Gasteiger partial charge in [-0.05, 0) is 51.4 Å². The minimum atomic E-state index is -1.18. The Kier molecular flexibility index (Phi) is 7.15. The number of halogens is 3. The molecule has 2 aromatic heterocycles. The Labute approximate surface area is 224 Å². The molecule has 38 heavy (non-hydrogen) atoms. The molecule has 3 aromatic rings. The molecule has 0 spiro atoms. The van der Waals surface area contributed by atoms with Crippen molar-refractivity contribution in [3.63, 3.8) is 0 Å². The second-order valence-electron chi connectivity index (χ2n) is 10.6. The predicted octanol–water partition coefficient (Wildman–Crippen LogP) is 4.85. The Morgan fingerprint density at radius 1 is 1.29 bits per heavy atom. The van der Waals surface area contributed by atoms with E-state index < -0.39 is 28.4 Å². The van der Waals surface area contributed by atoms with Crippen LogP contribution in [0.1, 0.15) is 36.7 Å². The van der Waals surface area contributed by atoms with E-state index in [9.17, 15) is 18.7 Å². The molecule has 0 saturated carbocycles. The molecule has 8 nitrogen and oxygen atoms in total. The molecule has 2 saturated heterocycles. The summed E-state index contributed by atoms with van der Waals surface area (Å²) < 4.78 is 35.2. The number of aromatic nitrogens is 3. The molecule has 2 aliphatic rings. The number of carboxylic acids is 1. The summed E-state index contributed by atoms with van der Waals surface area (Å²) in [6.45, 7) is 5.51. The van der Waals surface area contributed by atoms with Crippen LogP contribution >= 0.6 is 11.6 Å². The predicted molar refractivity (Wildman–Crippen MR) is 139 cm³/mol. The molecule has 1 aromatic carbocycles.